The van der Waals surface area contributed by atoms with E-state index in [9.17, 15) is 4.79 Å². The molecule has 0 bridgehead atoms. The second-order valence-electron chi connectivity index (χ2n) is 5.61. The van der Waals surface area contributed by atoms with Crippen LogP contribution in [0, 0.1) is 5.41 Å². The Morgan fingerprint density at radius 1 is 1.47 bits per heavy atom. The molecule has 1 rings (SSSR count). The lowest BCUT2D eigenvalue weighted by molar-refractivity contribution is -0.124. The average Bonchev–Trinajstić information content (AvgIpc) is 2.72. The number of nitrogens with one attached hydrogen (secondary N) is 1. The van der Waals surface area contributed by atoms with Gasteiger partial charge in [0.15, 0.2) is 0 Å². The van der Waals surface area contributed by atoms with Crippen molar-refractivity contribution in [1.82, 2.24) is 10.2 Å². The van der Waals surface area contributed by atoms with Crippen molar-refractivity contribution < 1.29 is 4.79 Å². The molecule has 0 spiro atoms. The normalized spacial score (nSPS) is 23.5. The molecule has 1 amide bonds. The van der Waals surface area contributed by atoms with Crippen molar-refractivity contribution in [3.63, 3.8) is 0 Å². The summed E-state index contributed by atoms with van der Waals surface area (Å²) in [6, 6.07) is 0. The largest absolute Gasteiger partial charge is 0.368 e. The molecular weight excluding hydrogens is 214 g/mol. The van der Waals surface area contributed by atoms with Gasteiger partial charge >= 0.3 is 0 Å². The summed E-state index contributed by atoms with van der Waals surface area (Å²) >= 11 is 0. The van der Waals surface area contributed by atoms with E-state index < -0.39 is 5.54 Å². The minimum atomic E-state index is -0.614. The molecule has 1 aliphatic heterocycles. The van der Waals surface area contributed by atoms with Gasteiger partial charge < -0.3 is 16.0 Å². The fraction of sp³-hybridized carbons (Fsp3) is 0.923. The third-order valence-electron chi connectivity index (χ3n) is 4.65. The van der Waals surface area contributed by atoms with Gasteiger partial charge in [0, 0.05) is 13.1 Å². The first-order valence-corrected chi connectivity index (χ1v) is 6.62. The highest BCUT2D eigenvalue weighted by Crippen LogP contribution is 2.37. The van der Waals surface area contributed by atoms with Crippen molar-refractivity contribution in [3.05, 3.63) is 0 Å². The highest BCUT2D eigenvalue weighted by molar-refractivity contribution is 5.84. The SMILES string of the molecule is CCC1(CC)CCN(CC(C)(NC)C(N)=O)C1. The summed E-state index contributed by atoms with van der Waals surface area (Å²) in [5.74, 6) is -0.273. The number of likely N-dealkylation sites (N-methyl/N-ethyl adjacent to an activating group) is 1. The average molecular weight is 241 g/mol. The fourth-order valence-electron chi connectivity index (χ4n) is 2.72. The Morgan fingerprint density at radius 3 is 2.41 bits per heavy atom. The van der Waals surface area contributed by atoms with Crippen LogP contribution in [0.3, 0.4) is 0 Å². The third-order valence-corrected chi connectivity index (χ3v) is 4.65. The van der Waals surface area contributed by atoms with Crippen molar-refractivity contribution >= 4 is 5.91 Å². The Bertz CT molecular complexity index is 276. The Labute approximate surface area is 105 Å². The van der Waals surface area contributed by atoms with Gasteiger partial charge in [-0.05, 0) is 45.2 Å². The van der Waals surface area contributed by atoms with Crippen LogP contribution in [-0.4, -0.2) is 43.0 Å². The van der Waals surface area contributed by atoms with Crippen LogP contribution in [0.25, 0.3) is 0 Å². The summed E-state index contributed by atoms with van der Waals surface area (Å²) in [5.41, 5.74) is 5.30. The maximum Gasteiger partial charge on any atom is 0.238 e. The maximum atomic E-state index is 11.5. The Kier molecular flexibility index (Phi) is 4.55. The monoisotopic (exact) mass is 241 g/mol. The second kappa shape index (κ2) is 5.36. The van der Waals surface area contributed by atoms with Crippen LogP contribution < -0.4 is 11.1 Å². The molecule has 1 atom stereocenters. The molecule has 4 nitrogen and oxygen atoms in total. The van der Waals surface area contributed by atoms with Gasteiger partial charge in [0.05, 0.1) is 0 Å². The second-order valence-corrected chi connectivity index (χ2v) is 5.61. The minimum Gasteiger partial charge on any atom is -0.368 e. The van der Waals surface area contributed by atoms with Crippen LogP contribution in [0.5, 0.6) is 0 Å². The predicted octanol–water partition coefficient (Wildman–Crippen LogP) is 0.962. The summed E-state index contributed by atoms with van der Waals surface area (Å²) in [5, 5.41) is 3.05. The fourth-order valence-corrected chi connectivity index (χ4v) is 2.72. The molecule has 0 saturated carbocycles. The summed E-state index contributed by atoms with van der Waals surface area (Å²) in [7, 11) is 1.80. The molecule has 0 aliphatic carbocycles. The highest BCUT2D eigenvalue weighted by atomic mass is 16.1. The van der Waals surface area contributed by atoms with E-state index in [-0.39, 0.29) is 5.91 Å². The van der Waals surface area contributed by atoms with Crippen LogP contribution >= 0.6 is 0 Å². The molecule has 0 aromatic heterocycles. The summed E-state index contributed by atoms with van der Waals surface area (Å²) in [4.78, 5) is 13.8. The molecule has 0 radical (unpaired) electrons. The number of carbonyl (C=O) groups is 1. The van der Waals surface area contributed by atoms with Gasteiger partial charge in [-0.1, -0.05) is 13.8 Å². The van der Waals surface area contributed by atoms with E-state index in [1.807, 2.05) is 6.92 Å². The van der Waals surface area contributed by atoms with Crippen LogP contribution in [-0.2, 0) is 4.79 Å². The first-order valence-electron chi connectivity index (χ1n) is 6.62. The molecule has 3 N–H and O–H groups in total. The van der Waals surface area contributed by atoms with E-state index in [1.165, 1.54) is 19.3 Å². The Hall–Kier alpha value is -0.610. The number of carbonyl (C=O) groups excluding carboxylic acids is 1. The van der Waals surface area contributed by atoms with Gasteiger partial charge in [-0.25, -0.2) is 0 Å². The van der Waals surface area contributed by atoms with Crippen LogP contribution in [0.4, 0.5) is 0 Å². The lowest BCUT2D eigenvalue weighted by Gasteiger charge is -2.32. The molecule has 1 heterocycles. The van der Waals surface area contributed by atoms with E-state index in [2.05, 4.69) is 24.1 Å². The van der Waals surface area contributed by atoms with E-state index in [4.69, 9.17) is 5.73 Å². The third kappa shape index (κ3) is 2.99. The number of hydrogen-bond acceptors (Lipinski definition) is 3. The molecule has 100 valence electrons. The van der Waals surface area contributed by atoms with E-state index in [0.29, 0.717) is 12.0 Å². The quantitative estimate of drug-likeness (QED) is 0.728. The number of primary amides is 1. The first kappa shape index (κ1) is 14.5. The van der Waals surface area contributed by atoms with Crippen molar-refractivity contribution in [2.75, 3.05) is 26.7 Å². The molecule has 1 fully saturated rings. The van der Waals surface area contributed by atoms with Crippen molar-refractivity contribution in [3.8, 4) is 0 Å². The van der Waals surface area contributed by atoms with Gasteiger partial charge in [0.25, 0.3) is 0 Å². The molecule has 0 aromatic carbocycles. The standard InChI is InChI=1S/C13H27N3O/c1-5-13(6-2)7-8-16(10-13)9-12(3,15-4)11(14)17/h15H,5-10H2,1-4H3,(H2,14,17). The van der Waals surface area contributed by atoms with Crippen LogP contribution in [0.2, 0.25) is 0 Å². The van der Waals surface area contributed by atoms with Gasteiger partial charge in [-0.15, -0.1) is 0 Å². The van der Waals surface area contributed by atoms with Crippen molar-refractivity contribution in [2.45, 2.75) is 45.6 Å². The van der Waals surface area contributed by atoms with Crippen molar-refractivity contribution in [2.24, 2.45) is 11.1 Å². The van der Waals surface area contributed by atoms with Crippen LogP contribution in [0.15, 0.2) is 0 Å². The topological polar surface area (TPSA) is 58.4 Å². The first-order chi connectivity index (χ1) is 7.91. The lowest BCUT2D eigenvalue weighted by Crippen LogP contribution is -2.58. The Balaban J connectivity index is 2.63. The summed E-state index contributed by atoms with van der Waals surface area (Å²) < 4.78 is 0. The zero-order valence-corrected chi connectivity index (χ0v) is 11.7. The molecule has 1 aliphatic rings. The van der Waals surface area contributed by atoms with Gasteiger partial charge in [0.2, 0.25) is 5.91 Å². The zero-order chi connectivity index (χ0) is 13.1. The minimum absolute atomic E-state index is 0.273. The predicted molar refractivity (Wildman–Crippen MR) is 70.7 cm³/mol. The number of nitrogens with two attached hydrogens (primary N) is 1. The summed E-state index contributed by atoms with van der Waals surface area (Å²) in [6.07, 6.45) is 3.66. The van der Waals surface area contributed by atoms with Crippen molar-refractivity contribution in [1.29, 1.82) is 0 Å². The Morgan fingerprint density at radius 2 is 2.06 bits per heavy atom. The highest BCUT2D eigenvalue weighted by Gasteiger charge is 2.39. The van der Waals surface area contributed by atoms with Gasteiger partial charge in [-0.2, -0.15) is 0 Å². The molecule has 1 unspecified atom stereocenters. The van der Waals surface area contributed by atoms with Crippen LogP contribution in [0.1, 0.15) is 40.0 Å². The van der Waals surface area contributed by atoms with Gasteiger partial charge in [-0.3, -0.25) is 4.79 Å². The lowest BCUT2D eigenvalue weighted by atomic mass is 9.82. The molecule has 1 saturated heterocycles. The number of likely N-dealkylation sites (tertiary alicyclic amines) is 1. The number of nitrogens with zero attached hydrogens (tertiary/aromatic N) is 1. The molecular formula is C13H27N3O. The molecule has 0 aromatic rings. The van der Waals surface area contributed by atoms with E-state index >= 15 is 0 Å². The number of amides is 1. The number of rotatable bonds is 6. The summed E-state index contributed by atoms with van der Waals surface area (Å²) in [6.45, 7) is 9.28. The maximum absolute atomic E-state index is 11.5. The van der Waals surface area contributed by atoms with Gasteiger partial charge in [0.1, 0.15) is 5.54 Å². The smallest absolute Gasteiger partial charge is 0.238 e. The zero-order valence-electron chi connectivity index (χ0n) is 11.7. The van der Waals surface area contributed by atoms with E-state index in [1.54, 1.807) is 7.05 Å². The molecule has 17 heavy (non-hydrogen) atoms. The van der Waals surface area contributed by atoms with E-state index in [0.717, 1.165) is 13.1 Å². The molecule has 4 heteroatoms. The number of hydrogen-bond donors (Lipinski definition) is 2.